The second-order valence-electron chi connectivity index (χ2n) is 8.11. The molecule has 1 aromatic heterocycles. The first-order chi connectivity index (χ1) is 13.9. The average molecular weight is 396 g/mol. The van der Waals surface area contributed by atoms with Crippen LogP contribution in [0.25, 0.3) is 0 Å². The van der Waals surface area contributed by atoms with Gasteiger partial charge in [-0.15, -0.1) is 0 Å². The van der Waals surface area contributed by atoms with E-state index < -0.39 is 0 Å². The number of hydrogen-bond acceptors (Lipinski definition) is 6. The molecule has 0 bridgehead atoms. The molecule has 156 valence electrons. The van der Waals surface area contributed by atoms with Crippen LogP contribution >= 0.6 is 0 Å². The van der Waals surface area contributed by atoms with E-state index in [1.54, 1.807) is 12.3 Å². The fraction of sp³-hybridized carbons (Fsp3) is 0.478. The molecule has 2 aromatic rings. The van der Waals surface area contributed by atoms with Gasteiger partial charge in [0.05, 0.1) is 11.8 Å². The third-order valence-corrected chi connectivity index (χ3v) is 5.60. The Labute approximate surface area is 173 Å². The molecule has 1 saturated heterocycles. The average Bonchev–Trinajstić information content (AvgIpc) is 2.70. The van der Waals surface area contributed by atoms with Crippen molar-refractivity contribution in [3.63, 3.8) is 0 Å². The van der Waals surface area contributed by atoms with E-state index in [1.165, 1.54) is 0 Å². The molecule has 1 aliphatic heterocycles. The van der Waals surface area contributed by atoms with E-state index in [4.69, 9.17) is 21.6 Å². The summed E-state index contributed by atoms with van der Waals surface area (Å²) < 4.78 is 5.79. The molecule has 0 radical (unpaired) electrons. The molecule has 1 fully saturated rings. The highest BCUT2D eigenvalue weighted by atomic mass is 16.5. The quantitative estimate of drug-likeness (QED) is 0.490. The van der Waals surface area contributed by atoms with Gasteiger partial charge in [-0.05, 0) is 76.8 Å². The van der Waals surface area contributed by atoms with Crippen molar-refractivity contribution >= 4 is 17.2 Å². The number of aromatic nitrogens is 1. The largest absolute Gasteiger partial charge is 0.491 e. The molecule has 1 aliphatic rings. The van der Waals surface area contributed by atoms with E-state index in [1.807, 2.05) is 39.0 Å². The summed E-state index contributed by atoms with van der Waals surface area (Å²) in [5.41, 5.74) is 15.5. The van der Waals surface area contributed by atoms with E-state index >= 15 is 0 Å². The minimum absolute atomic E-state index is 0.0668. The van der Waals surface area contributed by atoms with Crippen LogP contribution in [0, 0.1) is 18.3 Å². The number of nitrogen functional groups attached to an aromatic ring is 1. The van der Waals surface area contributed by atoms with Gasteiger partial charge in [0, 0.05) is 41.7 Å². The summed E-state index contributed by atoms with van der Waals surface area (Å²) in [4.78, 5) is 6.97. The molecular weight excluding hydrogens is 362 g/mol. The smallest absolute Gasteiger partial charge is 0.132 e. The lowest BCUT2D eigenvalue weighted by Gasteiger charge is -2.34. The number of rotatable bonds is 7. The van der Waals surface area contributed by atoms with Crippen LogP contribution in [0.5, 0.6) is 5.75 Å². The van der Waals surface area contributed by atoms with Crippen LogP contribution in [0.4, 0.5) is 11.5 Å². The molecule has 29 heavy (non-hydrogen) atoms. The summed E-state index contributed by atoms with van der Waals surface area (Å²) in [6.45, 7) is 8.73. The van der Waals surface area contributed by atoms with Gasteiger partial charge in [0.25, 0.3) is 0 Å². The number of nitrogens with zero attached hydrogens (tertiary/aromatic N) is 2. The molecule has 0 saturated carbocycles. The number of piperidine rings is 1. The first kappa shape index (κ1) is 21.1. The van der Waals surface area contributed by atoms with Gasteiger partial charge in [-0.2, -0.15) is 0 Å². The van der Waals surface area contributed by atoms with Crippen LogP contribution in [0.15, 0.2) is 30.5 Å². The number of ether oxygens (including phenoxy) is 1. The van der Waals surface area contributed by atoms with Crippen molar-refractivity contribution in [1.29, 1.82) is 5.41 Å². The van der Waals surface area contributed by atoms with Crippen molar-refractivity contribution in [3.05, 3.63) is 47.2 Å². The van der Waals surface area contributed by atoms with Gasteiger partial charge in [0.15, 0.2) is 0 Å². The van der Waals surface area contributed by atoms with Crippen molar-refractivity contribution in [2.45, 2.75) is 46.1 Å². The first-order valence-corrected chi connectivity index (χ1v) is 10.5. The van der Waals surface area contributed by atoms with Gasteiger partial charge in [-0.1, -0.05) is 0 Å². The zero-order chi connectivity index (χ0) is 21.0. The summed E-state index contributed by atoms with van der Waals surface area (Å²) in [5, 5.41) is 8.83. The Kier molecular flexibility index (Phi) is 6.75. The SMILES string of the molecule is Cc1c(C(=N)c2cc(OC(C)C)ccc2N)ccnc1N1CCC(CCN)CC1. The topological polar surface area (TPSA) is 101 Å². The monoisotopic (exact) mass is 395 g/mol. The molecule has 2 heterocycles. The minimum atomic E-state index is 0.0668. The van der Waals surface area contributed by atoms with Crippen molar-refractivity contribution < 1.29 is 4.74 Å². The minimum Gasteiger partial charge on any atom is -0.491 e. The van der Waals surface area contributed by atoms with Gasteiger partial charge in [0.1, 0.15) is 11.6 Å². The normalized spacial score (nSPS) is 15.0. The van der Waals surface area contributed by atoms with E-state index in [9.17, 15) is 0 Å². The Morgan fingerprint density at radius 1 is 1.24 bits per heavy atom. The van der Waals surface area contributed by atoms with Crippen molar-refractivity contribution in [2.24, 2.45) is 11.7 Å². The fourth-order valence-electron chi connectivity index (χ4n) is 4.03. The van der Waals surface area contributed by atoms with Crippen molar-refractivity contribution in [2.75, 3.05) is 30.3 Å². The van der Waals surface area contributed by atoms with E-state index in [0.717, 1.165) is 61.6 Å². The van der Waals surface area contributed by atoms with Crippen LogP contribution in [0.1, 0.15) is 49.8 Å². The lowest BCUT2D eigenvalue weighted by molar-refractivity contribution is 0.242. The van der Waals surface area contributed by atoms with Crippen LogP contribution in [0.3, 0.4) is 0 Å². The number of pyridine rings is 1. The third-order valence-electron chi connectivity index (χ3n) is 5.60. The Morgan fingerprint density at radius 2 is 1.97 bits per heavy atom. The molecule has 0 aliphatic carbocycles. The molecule has 0 unspecified atom stereocenters. The Morgan fingerprint density at radius 3 is 2.62 bits per heavy atom. The standard InChI is InChI=1S/C23H33N5O/c1-15(2)29-18-4-5-21(25)20(14-18)22(26)19-7-11-27-23(16(19)3)28-12-8-17(6-10-24)9-13-28/h4-5,7,11,14-15,17,26H,6,8-10,12-13,24-25H2,1-3H3. The second-order valence-corrected chi connectivity index (χ2v) is 8.11. The molecule has 0 spiro atoms. The zero-order valence-corrected chi connectivity index (χ0v) is 17.7. The van der Waals surface area contributed by atoms with Crippen LogP contribution in [0.2, 0.25) is 0 Å². The van der Waals surface area contributed by atoms with Crippen LogP contribution in [-0.2, 0) is 0 Å². The molecule has 0 atom stereocenters. The van der Waals surface area contributed by atoms with Gasteiger partial charge >= 0.3 is 0 Å². The fourth-order valence-corrected chi connectivity index (χ4v) is 4.03. The Hall–Kier alpha value is -2.60. The predicted molar refractivity (Wildman–Crippen MR) is 120 cm³/mol. The maximum atomic E-state index is 8.83. The molecule has 6 nitrogen and oxygen atoms in total. The molecule has 3 rings (SSSR count). The van der Waals surface area contributed by atoms with Gasteiger partial charge < -0.3 is 21.1 Å². The number of anilines is 2. The second kappa shape index (κ2) is 9.27. The highest BCUT2D eigenvalue weighted by molar-refractivity contribution is 6.15. The van der Waals surface area contributed by atoms with E-state index in [0.29, 0.717) is 22.9 Å². The van der Waals surface area contributed by atoms with Gasteiger partial charge in [0.2, 0.25) is 0 Å². The molecule has 0 amide bonds. The number of hydrogen-bond donors (Lipinski definition) is 3. The maximum absolute atomic E-state index is 8.83. The molecular formula is C23H33N5O. The lowest BCUT2D eigenvalue weighted by Crippen LogP contribution is -2.35. The zero-order valence-electron chi connectivity index (χ0n) is 17.7. The molecule has 6 heteroatoms. The number of nitrogens with one attached hydrogen (secondary N) is 1. The third kappa shape index (κ3) is 4.88. The summed E-state index contributed by atoms with van der Waals surface area (Å²) in [5.74, 6) is 2.40. The summed E-state index contributed by atoms with van der Waals surface area (Å²) in [7, 11) is 0. The Bertz CT molecular complexity index is 856. The number of nitrogens with two attached hydrogens (primary N) is 2. The first-order valence-electron chi connectivity index (χ1n) is 10.5. The molecule has 5 N–H and O–H groups in total. The van der Waals surface area contributed by atoms with Crippen molar-refractivity contribution in [1.82, 2.24) is 4.98 Å². The van der Waals surface area contributed by atoms with Crippen LogP contribution < -0.4 is 21.1 Å². The number of benzene rings is 1. The van der Waals surface area contributed by atoms with Crippen molar-refractivity contribution in [3.8, 4) is 5.75 Å². The highest BCUT2D eigenvalue weighted by Crippen LogP contribution is 2.30. The van der Waals surface area contributed by atoms with Crippen LogP contribution in [-0.4, -0.2) is 36.4 Å². The summed E-state index contributed by atoms with van der Waals surface area (Å²) in [6, 6.07) is 7.41. The van der Waals surface area contributed by atoms with E-state index in [-0.39, 0.29) is 6.10 Å². The maximum Gasteiger partial charge on any atom is 0.132 e. The summed E-state index contributed by atoms with van der Waals surface area (Å²) in [6.07, 6.45) is 5.24. The summed E-state index contributed by atoms with van der Waals surface area (Å²) >= 11 is 0. The Balaban J connectivity index is 1.85. The lowest BCUT2D eigenvalue weighted by atomic mass is 9.93. The molecule has 1 aromatic carbocycles. The van der Waals surface area contributed by atoms with E-state index in [2.05, 4.69) is 9.88 Å². The van der Waals surface area contributed by atoms with Gasteiger partial charge in [-0.25, -0.2) is 4.98 Å². The highest BCUT2D eigenvalue weighted by Gasteiger charge is 2.23. The van der Waals surface area contributed by atoms with Gasteiger partial charge in [-0.3, -0.25) is 5.41 Å². The predicted octanol–water partition coefficient (Wildman–Crippen LogP) is 3.74.